The molecule has 0 aliphatic carbocycles. The predicted molar refractivity (Wildman–Crippen MR) is 162 cm³/mol. The largest absolute Gasteiger partial charge is 0.496 e. The maximum atomic E-state index is 14.3. The lowest BCUT2D eigenvalue weighted by atomic mass is 10.1. The van der Waals surface area contributed by atoms with E-state index in [-0.39, 0.29) is 10.1 Å². The summed E-state index contributed by atoms with van der Waals surface area (Å²) in [7, 11) is -3.69. The topological polar surface area (TPSA) is 81.5 Å². The highest BCUT2D eigenvalue weighted by atomic mass is 32.2. The number of rotatable bonds is 12. The van der Waals surface area contributed by atoms with E-state index in [9.17, 15) is 12.6 Å². The van der Waals surface area contributed by atoms with Gasteiger partial charge in [-0.05, 0) is 61.1 Å². The maximum absolute atomic E-state index is 14.3. The van der Waals surface area contributed by atoms with E-state index in [1.165, 1.54) is 28.8 Å². The number of aromatic nitrogens is 2. The molecule has 10 heteroatoms. The fourth-order valence-corrected chi connectivity index (χ4v) is 9.64. The molecule has 1 aromatic carbocycles. The van der Waals surface area contributed by atoms with Crippen LogP contribution < -0.4 is 10.2 Å². The number of imidazole rings is 1. The molecule has 7 nitrogen and oxygen atoms in total. The lowest BCUT2D eigenvalue weighted by Crippen LogP contribution is -2.56. The molecular weight excluding hydrogens is 535 g/mol. The summed E-state index contributed by atoms with van der Waals surface area (Å²) in [6.45, 7) is 16.6. The van der Waals surface area contributed by atoms with Crippen molar-refractivity contribution in [3.8, 4) is 5.75 Å². The minimum absolute atomic E-state index is 0.189. The van der Waals surface area contributed by atoms with Crippen LogP contribution in [0.2, 0.25) is 18.1 Å². The van der Waals surface area contributed by atoms with Gasteiger partial charge < -0.3 is 4.74 Å². The molecule has 1 heterocycles. The Balaban J connectivity index is 2.90. The molecule has 1 unspecified atom stereocenters. The molecule has 1 aromatic heterocycles. The van der Waals surface area contributed by atoms with Crippen molar-refractivity contribution < 1.29 is 17.4 Å². The average molecular weight is 582 g/mol. The molecule has 0 spiro atoms. The second-order valence-corrected chi connectivity index (χ2v) is 20.3. The molecule has 2 aromatic rings. The number of methoxy groups -OCH3 is 1. The van der Waals surface area contributed by atoms with Crippen LogP contribution in [0.1, 0.15) is 76.6 Å². The molecule has 0 saturated heterocycles. The van der Waals surface area contributed by atoms with Crippen LogP contribution >= 0.6 is 0 Å². The number of allylic oxidation sites excluding steroid dienone is 1. The molecule has 214 valence electrons. The summed E-state index contributed by atoms with van der Waals surface area (Å²) in [6, 6.07) is 3.62. The average Bonchev–Trinajstić information content (AvgIpc) is 3.20. The van der Waals surface area contributed by atoms with Crippen molar-refractivity contribution in [3.63, 3.8) is 0 Å². The van der Waals surface area contributed by atoms with E-state index in [0.29, 0.717) is 16.0 Å². The van der Waals surface area contributed by atoms with Crippen LogP contribution in [-0.2, 0) is 21.0 Å². The van der Waals surface area contributed by atoms with Gasteiger partial charge in [-0.3, -0.25) is 0 Å². The van der Waals surface area contributed by atoms with Crippen LogP contribution in [0, 0.1) is 13.8 Å². The highest BCUT2D eigenvalue weighted by molar-refractivity contribution is 7.89. The number of ether oxygens (including phenoxy) is 1. The van der Waals surface area contributed by atoms with E-state index in [4.69, 9.17) is 9.72 Å². The summed E-state index contributed by atoms with van der Waals surface area (Å²) in [4.78, 5) is 5.49. The zero-order valence-corrected chi connectivity index (χ0v) is 27.8. The van der Waals surface area contributed by atoms with Crippen LogP contribution in [0.15, 0.2) is 28.1 Å². The molecule has 0 saturated carbocycles. The van der Waals surface area contributed by atoms with Crippen LogP contribution in [0.4, 0.5) is 0 Å². The van der Waals surface area contributed by atoms with E-state index in [2.05, 4.69) is 40.8 Å². The summed E-state index contributed by atoms with van der Waals surface area (Å²) in [5.74, 6) is 0.731. The third kappa shape index (κ3) is 6.69. The molecule has 1 atom stereocenters. The molecule has 0 aliphatic rings. The summed E-state index contributed by atoms with van der Waals surface area (Å²) in [5.41, 5.74) is 2.65. The zero-order chi connectivity index (χ0) is 29.1. The first-order chi connectivity index (χ1) is 17.5. The normalized spacial score (nSPS) is 14.0. The van der Waals surface area contributed by atoms with Gasteiger partial charge in [0.25, 0.3) is 0 Å². The van der Waals surface area contributed by atoms with E-state index < -0.39 is 29.1 Å². The third-order valence-corrected chi connectivity index (χ3v) is 16.1. The van der Waals surface area contributed by atoms with Gasteiger partial charge in [0.2, 0.25) is 0 Å². The molecule has 0 N–H and O–H groups in total. The van der Waals surface area contributed by atoms with E-state index in [1.54, 1.807) is 7.11 Å². The van der Waals surface area contributed by atoms with E-state index >= 15 is 0 Å². The third-order valence-electron chi connectivity index (χ3n) is 7.48. The quantitative estimate of drug-likeness (QED) is 0.226. The second-order valence-electron chi connectivity index (χ2n) is 11.7. The molecular formula is C28H47N3O4S2Si. The lowest BCUT2D eigenvalue weighted by Gasteiger charge is -2.36. The Hall–Kier alpha value is -1.75. The Morgan fingerprint density at radius 3 is 2.16 bits per heavy atom. The molecule has 0 bridgehead atoms. The SMILES string of the molecule is CCCCCC/C=C\c1nc([Si](C)(C)C(C)(C)C)n(S(=O)(=O)N(C)C)c1S(=O)c1cc(C)c(OC)c(C)c1. The standard InChI is InChI=1S/C28H47N3O4S2Si/c1-12-13-14-15-16-17-18-24-26(36(32)23-19-21(2)25(35-9)22(3)20-23)31(37(33,34)30(7)8)27(29-24)38(10,11)28(4,5)6/h17-20H,12-16H2,1-11H3/b18-17-. The Bertz CT molecular complexity index is 1270. The predicted octanol–water partition coefficient (Wildman–Crippen LogP) is 6.03. The summed E-state index contributed by atoms with van der Waals surface area (Å²) in [5, 5.41) is 0.0118. The fourth-order valence-electron chi connectivity index (χ4n) is 4.13. The van der Waals surface area contributed by atoms with Crippen molar-refractivity contribution in [1.29, 1.82) is 0 Å². The van der Waals surface area contributed by atoms with Gasteiger partial charge in [0.05, 0.1) is 12.8 Å². The van der Waals surface area contributed by atoms with Crippen LogP contribution in [0.5, 0.6) is 5.75 Å². The fraction of sp³-hybridized carbons (Fsp3) is 0.607. The molecule has 0 aliphatic heterocycles. The van der Waals surface area contributed by atoms with Gasteiger partial charge in [-0.1, -0.05) is 66.1 Å². The van der Waals surface area contributed by atoms with Crippen molar-refractivity contribution >= 4 is 40.6 Å². The van der Waals surface area contributed by atoms with Gasteiger partial charge >= 0.3 is 10.2 Å². The molecule has 2 rings (SSSR count). The molecule has 38 heavy (non-hydrogen) atoms. The number of benzene rings is 1. The van der Waals surface area contributed by atoms with Gasteiger partial charge in [-0.15, -0.1) is 0 Å². The first-order valence-corrected chi connectivity index (χ1v) is 18.9. The van der Waals surface area contributed by atoms with Crippen LogP contribution in [-0.4, -0.2) is 55.2 Å². The lowest BCUT2D eigenvalue weighted by molar-refractivity contribution is 0.408. The summed E-state index contributed by atoms with van der Waals surface area (Å²) in [6.07, 6.45) is 9.29. The van der Waals surface area contributed by atoms with Gasteiger partial charge in [0, 0.05) is 19.0 Å². The first kappa shape index (κ1) is 32.5. The second kappa shape index (κ2) is 12.6. The number of nitrogens with zero attached hydrogens (tertiary/aromatic N) is 3. The van der Waals surface area contributed by atoms with Gasteiger partial charge in [-0.25, -0.2) is 13.2 Å². The number of aryl methyl sites for hydroxylation is 2. The number of hydrogen-bond acceptors (Lipinski definition) is 5. The van der Waals surface area contributed by atoms with Crippen molar-refractivity contribution in [2.24, 2.45) is 0 Å². The van der Waals surface area contributed by atoms with E-state index in [0.717, 1.165) is 42.6 Å². The van der Waals surface area contributed by atoms with Crippen molar-refractivity contribution in [2.45, 2.75) is 102 Å². The Morgan fingerprint density at radius 2 is 1.68 bits per heavy atom. The number of hydrogen-bond donors (Lipinski definition) is 0. The zero-order valence-electron chi connectivity index (χ0n) is 25.1. The van der Waals surface area contributed by atoms with Gasteiger partial charge in [-0.2, -0.15) is 12.7 Å². The highest BCUT2D eigenvalue weighted by Gasteiger charge is 2.45. The van der Waals surface area contributed by atoms with Crippen molar-refractivity contribution in [1.82, 2.24) is 13.3 Å². The van der Waals surface area contributed by atoms with E-state index in [1.807, 2.05) is 38.1 Å². The highest BCUT2D eigenvalue weighted by Crippen LogP contribution is 2.37. The molecule has 0 radical (unpaired) electrons. The van der Waals surface area contributed by atoms with Crippen molar-refractivity contribution in [2.75, 3.05) is 21.2 Å². The van der Waals surface area contributed by atoms with Gasteiger partial charge in [0.15, 0.2) is 5.03 Å². The van der Waals surface area contributed by atoms with Crippen LogP contribution in [0.3, 0.4) is 0 Å². The molecule has 0 amide bonds. The Morgan fingerprint density at radius 1 is 1.11 bits per heavy atom. The summed E-state index contributed by atoms with van der Waals surface area (Å²) < 4.78 is 50.0. The summed E-state index contributed by atoms with van der Waals surface area (Å²) >= 11 is 0. The first-order valence-electron chi connectivity index (χ1n) is 13.3. The molecule has 0 fully saturated rings. The Labute approximate surface area is 234 Å². The van der Waals surface area contributed by atoms with Crippen molar-refractivity contribution in [3.05, 3.63) is 35.0 Å². The maximum Gasteiger partial charge on any atom is 0.309 e. The minimum atomic E-state index is -4.02. The smallest absolute Gasteiger partial charge is 0.309 e. The van der Waals surface area contributed by atoms with Gasteiger partial charge in [0.1, 0.15) is 30.1 Å². The monoisotopic (exact) mass is 581 g/mol. The Kier molecular flexibility index (Phi) is 10.8. The van der Waals surface area contributed by atoms with Crippen LogP contribution in [0.25, 0.3) is 6.08 Å². The number of unbranched alkanes of at least 4 members (excludes halogenated alkanes) is 4. The minimum Gasteiger partial charge on any atom is -0.496 e.